The van der Waals surface area contributed by atoms with Crippen molar-refractivity contribution >= 4 is 17.2 Å². The zero-order valence-electron chi connectivity index (χ0n) is 13.7. The van der Waals surface area contributed by atoms with Crippen LogP contribution in [0.15, 0.2) is 35.8 Å². The maximum absolute atomic E-state index is 12.5. The van der Waals surface area contributed by atoms with Gasteiger partial charge in [0, 0.05) is 44.5 Å². The minimum Gasteiger partial charge on any atom is -0.481 e. The lowest BCUT2D eigenvalue weighted by atomic mass is 10.0. The first kappa shape index (κ1) is 15.6. The largest absolute Gasteiger partial charge is 0.481 e. The highest BCUT2D eigenvalue weighted by Gasteiger charge is 2.41. The van der Waals surface area contributed by atoms with Crippen molar-refractivity contribution in [3.05, 3.63) is 46.3 Å². The molecule has 4 rings (SSSR count). The standard InChI is InChI=1S/C18H21N3O2S/c1-23-17-13(4-2-6-19-17)8-20-9-14-11-21(12-15(14)10-20)18(22)16-5-3-7-24-16/h2-7,14-15H,8-12H2,1H3/t14-,15+. The first-order valence-electron chi connectivity index (χ1n) is 8.27. The molecule has 0 radical (unpaired) electrons. The molecule has 0 N–H and O–H groups in total. The number of likely N-dealkylation sites (tertiary alicyclic amines) is 2. The van der Waals surface area contributed by atoms with E-state index in [0.717, 1.165) is 43.2 Å². The lowest BCUT2D eigenvalue weighted by Crippen LogP contribution is -2.32. The number of carbonyl (C=O) groups is 1. The topological polar surface area (TPSA) is 45.7 Å². The normalized spacial score (nSPS) is 23.5. The van der Waals surface area contributed by atoms with E-state index in [2.05, 4.69) is 16.0 Å². The van der Waals surface area contributed by atoms with E-state index in [9.17, 15) is 4.79 Å². The number of nitrogens with zero attached hydrogens (tertiary/aromatic N) is 3. The van der Waals surface area contributed by atoms with Crippen LogP contribution in [0.4, 0.5) is 0 Å². The summed E-state index contributed by atoms with van der Waals surface area (Å²) in [6.07, 6.45) is 1.76. The molecule has 0 spiro atoms. The number of ether oxygens (including phenoxy) is 1. The van der Waals surface area contributed by atoms with Gasteiger partial charge in [0.1, 0.15) is 0 Å². The Morgan fingerprint density at radius 1 is 1.25 bits per heavy atom. The fourth-order valence-electron chi connectivity index (χ4n) is 3.91. The van der Waals surface area contributed by atoms with Crippen LogP contribution in [-0.4, -0.2) is 54.0 Å². The first-order chi connectivity index (χ1) is 11.7. The molecular weight excluding hydrogens is 322 g/mol. The number of hydrogen-bond donors (Lipinski definition) is 0. The van der Waals surface area contributed by atoms with E-state index < -0.39 is 0 Å². The van der Waals surface area contributed by atoms with Crippen LogP contribution in [-0.2, 0) is 6.54 Å². The Morgan fingerprint density at radius 3 is 2.71 bits per heavy atom. The molecule has 0 bridgehead atoms. The van der Waals surface area contributed by atoms with Gasteiger partial charge in [-0.3, -0.25) is 9.69 Å². The Kier molecular flexibility index (Phi) is 4.24. The number of thiophene rings is 1. The number of rotatable bonds is 4. The van der Waals surface area contributed by atoms with E-state index in [1.165, 1.54) is 11.3 Å². The molecule has 2 aromatic rings. The third kappa shape index (κ3) is 2.91. The molecule has 0 saturated carbocycles. The molecule has 1 amide bonds. The molecule has 2 aliphatic rings. The molecule has 0 unspecified atom stereocenters. The number of pyridine rings is 1. The maximum Gasteiger partial charge on any atom is 0.263 e. The highest BCUT2D eigenvalue weighted by molar-refractivity contribution is 7.12. The van der Waals surface area contributed by atoms with E-state index in [0.29, 0.717) is 17.7 Å². The van der Waals surface area contributed by atoms with Crippen LogP contribution in [0, 0.1) is 11.8 Å². The molecule has 2 aromatic heterocycles. The summed E-state index contributed by atoms with van der Waals surface area (Å²) in [6, 6.07) is 7.89. The Balaban J connectivity index is 1.37. The van der Waals surface area contributed by atoms with Crippen LogP contribution in [0.25, 0.3) is 0 Å². The molecule has 0 aliphatic carbocycles. The molecule has 126 valence electrons. The number of carbonyl (C=O) groups excluding carboxylic acids is 1. The average molecular weight is 343 g/mol. The van der Waals surface area contributed by atoms with Gasteiger partial charge in [-0.2, -0.15) is 0 Å². The van der Waals surface area contributed by atoms with Crippen LogP contribution < -0.4 is 4.74 Å². The number of methoxy groups -OCH3 is 1. The van der Waals surface area contributed by atoms with Crippen molar-refractivity contribution < 1.29 is 9.53 Å². The van der Waals surface area contributed by atoms with Gasteiger partial charge < -0.3 is 9.64 Å². The summed E-state index contributed by atoms with van der Waals surface area (Å²) in [6.45, 7) is 4.70. The van der Waals surface area contributed by atoms with Gasteiger partial charge in [-0.1, -0.05) is 12.1 Å². The van der Waals surface area contributed by atoms with Crippen molar-refractivity contribution in [1.29, 1.82) is 0 Å². The van der Waals surface area contributed by atoms with Gasteiger partial charge in [-0.25, -0.2) is 4.98 Å². The van der Waals surface area contributed by atoms with E-state index >= 15 is 0 Å². The molecule has 2 fully saturated rings. The smallest absolute Gasteiger partial charge is 0.263 e. The van der Waals surface area contributed by atoms with Crippen LogP contribution in [0.1, 0.15) is 15.2 Å². The molecular formula is C18H21N3O2S. The van der Waals surface area contributed by atoms with E-state index in [1.807, 2.05) is 28.5 Å². The molecule has 4 heterocycles. The maximum atomic E-state index is 12.5. The van der Waals surface area contributed by atoms with Gasteiger partial charge in [0.15, 0.2) is 0 Å². The van der Waals surface area contributed by atoms with Crippen molar-refractivity contribution in [2.45, 2.75) is 6.54 Å². The second-order valence-corrected chi connectivity index (χ2v) is 7.52. The number of hydrogen-bond acceptors (Lipinski definition) is 5. The zero-order valence-corrected chi connectivity index (χ0v) is 14.5. The highest BCUT2D eigenvalue weighted by atomic mass is 32.1. The lowest BCUT2D eigenvalue weighted by Gasteiger charge is -2.21. The zero-order chi connectivity index (χ0) is 16.5. The Hall–Kier alpha value is -1.92. The van der Waals surface area contributed by atoms with Crippen molar-refractivity contribution in [2.75, 3.05) is 33.3 Å². The summed E-state index contributed by atoms with van der Waals surface area (Å²) in [5.41, 5.74) is 1.13. The quantitative estimate of drug-likeness (QED) is 0.855. The minimum absolute atomic E-state index is 0.194. The molecule has 5 nitrogen and oxygen atoms in total. The Morgan fingerprint density at radius 2 is 2.04 bits per heavy atom. The monoisotopic (exact) mass is 343 g/mol. The van der Waals surface area contributed by atoms with Gasteiger partial charge in [0.05, 0.1) is 12.0 Å². The first-order valence-corrected chi connectivity index (χ1v) is 9.15. The lowest BCUT2D eigenvalue weighted by molar-refractivity contribution is 0.0778. The van der Waals surface area contributed by atoms with E-state index in [4.69, 9.17) is 4.74 Å². The fourth-order valence-corrected chi connectivity index (χ4v) is 4.60. The second-order valence-electron chi connectivity index (χ2n) is 6.57. The summed E-state index contributed by atoms with van der Waals surface area (Å²) in [5.74, 6) is 2.07. The van der Waals surface area contributed by atoms with Crippen molar-refractivity contribution in [3.8, 4) is 5.88 Å². The summed E-state index contributed by atoms with van der Waals surface area (Å²) < 4.78 is 5.35. The highest BCUT2D eigenvalue weighted by Crippen LogP contribution is 2.33. The predicted octanol–water partition coefficient (Wildman–Crippen LogP) is 2.36. The summed E-state index contributed by atoms with van der Waals surface area (Å²) in [7, 11) is 1.67. The average Bonchev–Trinajstić information content (AvgIpc) is 3.30. The third-order valence-corrected chi connectivity index (χ3v) is 5.88. The number of amides is 1. The molecule has 2 atom stereocenters. The van der Waals surface area contributed by atoms with Crippen LogP contribution >= 0.6 is 11.3 Å². The summed E-state index contributed by atoms with van der Waals surface area (Å²) in [4.78, 5) is 22.1. The van der Waals surface area contributed by atoms with Crippen LogP contribution in [0.5, 0.6) is 5.88 Å². The minimum atomic E-state index is 0.194. The fraction of sp³-hybridized carbons (Fsp3) is 0.444. The molecule has 6 heteroatoms. The molecule has 2 saturated heterocycles. The van der Waals surface area contributed by atoms with Crippen LogP contribution in [0.3, 0.4) is 0 Å². The summed E-state index contributed by atoms with van der Waals surface area (Å²) >= 11 is 1.53. The van der Waals surface area contributed by atoms with Crippen molar-refractivity contribution in [3.63, 3.8) is 0 Å². The summed E-state index contributed by atoms with van der Waals surface area (Å²) in [5, 5.41) is 1.97. The van der Waals surface area contributed by atoms with Gasteiger partial charge in [0.2, 0.25) is 5.88 Å². The Bertz CT molecular complexity index is 705. The molecule has 2 aliphatic heterocycles. The second kappa shape index (κ2) is 6.53. The number of fused-ring (bicyclic) bond motifs is 1. The molecule has 0 aromatic carbocycles. The Labute approximate surface area is 145 Å². The van der Waals surface area contributed by atoms with Crippen LogP contribution in [0.2, 0.25) is 0 Å². The molecule has 24 heavy (non-hydrogen) atoms. The van der Waals surface area contributed by atoms with Crippen molar-refractivity contribution in [2.24, 2.45) is 11.8 Å². The third-order valence-electron chi connectivity index (χ3n) is 5.02. The van der Waals surface area contributed by atoms with Gasteiger partial charge >= 0.3 is 0 Å². The van der Waals surface area contributed by atoms with Crippen molar-refractivity contribution in [1.82, 2.24) is 14.8 Å². The van der Waals surface area contributed by atoms with Gasteiger partial charge in [-0.05, 0) is 29.3 Å². The van der Waals surface area contributed by atoms with Gasteiger partial charge in [-0.15, -0.1) is 11.3 Å². The van der Waals surface area contributed by atoms with E-state index in [-0.39, 0.29) is 5.91 Å². The van der Waals surface area contributed by atoms with Gasteiger partial charge in [0.25, 0.3) is 5.91 Å². The van der Waals surface area contributed by atoms with E-state index in [1.54, 1.807) is 13.3 Å². The SMILES string of the molecule is COc1ncccc1CN1C[C@@H]2CN(C(=O)c3cccs3)C[C@@H]2C1. The predicted molar refractivity (Wildman–Crippen MR) is 93.3 cm³/mol. The number of aromatic nitrogens is 1.